The summed E-state index contributed by atoms with van der Waals surface area (Å²) >= 11 is 0. The highest BCUT2D eigenvalue weighted by Gasteiger charge is 2.36. The molecule has 1 aromatic rings. The average Bonchev–Trinajstić information content (AvgIpc) is 2.96. The maximum absolute atomic E-state index is 12.7. The summed E-state index contributed by atoms with van der Waals surface area (Å²) in [7, 11) is 1.61. The molecule has 0 aliphatic carbocycles. The monoisotopic (exact) mass is 302 g/mol. The van der Waals surface area contributed by atoms with E-state index in [1.165, 1.54) is 0 Å². The van der Waals surface area contributed by atoms with Crippen LogP contribution in [0.1, 0.15) is 18.9 Å². The molecule has 118 valence electrons. The molecule has 1 atom stereocenters. The molecule has 0 aromatic heterocycles. The largest absolute Gasteiger partial charge is 0.493 e. The van der Waals surface area contributed by atoms with Crippen molar-refractivity contribution in [2.75, 3.05) is 33.4 Å². The van der Waals surface area contributed by atoms with Gasteiger partial charge >= 0.3 is 0 Å². The lowest BCUT2D eigenvalue weighted by atomic mass is 9.90. The molecule has 0 spiro atoms. The first-order valence-electron chi connectivity index (χ1n) is 7.56. The summed E-state index contributed by atoms with van der Waals surface area (Å²) in [6.07, 6.45) is 2.86. The summed E-state index contributed by atoms with van der Waals surface area (Å²) in [5.74, 6) is 1.44. The molecule has 1 unspecified atom stereocenters. The van der Waals surface area contributed by atoms with Crippen LogP contribution in [-0.2, 0) is 4.79 Å². The van der Waals surface area contributed by atoms with Crippen LogP contribution in [0.3, 0.4) is 0 Å². The van der Waals surface area contributed by atoms with E-state index in [2.05, 4.69) is 6.92 Å². The maximum atomic E-state index is 12.7. The zero-order chi connectivity index (χ0) is 15.7. The van der Waals surface area contributed by atoms with E-state index in [0.29, 0.717) is 30.2 Å². The highest BCUT2D eigenvalue weighted by molar-refractivity contribution is 5.99. The number of carbonyl (C=O) groups is 1. The van der Waals surface area contributed by atoms with E-state index in [1.54, 1.807) is 7.11 Å². The Morgan fingerprint density at radius 3 is 3.00 bits per heavy atom. The lowest BCUT2D eigenvalue weighted by molar-refractivity contribution is -0.126. The molecule has 0 saturated carbocycles. The van der Waals surface area contributed by atoms with Gasteiger partial charge < -0.3 is 20.1 Å². The molecule has 1 fully saturated rings. The SMILES string of the molecule is COc1cccc2c1OCC(C(=O)N1CCC(C)(CN)C1)=C2. The van der Waals surface area contributed by atoms with Gasteiger partial charge in [-0.05, 0) is 30.5 Å². The lowest BCUT2D eigenvalue weighted by Crippen LogP contribution is -2.36. The van der Waals surface area contributed by atoms with Gasteiger partial charge in [-0.25, -0.2) is 0 Å². The van der Waals surface area contributed by atoms with Gasteiger partial charge in [0.1, 0.15) is 6.61 Å². The molecule has 2 aliphatic rings. The number of nitrogens with zero attached hydrogens (tertiary/aromatic N) is 1. The summed E-state index contributed by atoms with van der Waals surface area (Å²) < 4.78 is 11.0. The number of hydrogen-bond acceptors (Lipinski definition) is 4. The third kappa shape index (κ3) is 2.57. The Kier molecular flexibility index (Phi) is 3.83. The first-order chi connectivity index (χ1) is 10.6. The molecule has 3 rings (SSSR count). The number of likely N-dealkylation sites (tertiary alicyclic amines) is 1. The second-order valence-electron chi connectivity index (χ2n) is 6.33. The molecule has 2 aliphatic heterocycles. The Morgan fingerprint density at radius 2 is 2.32 bits per heavy atom. The van der Waals surface area contributed by atoms with Crippen molar-refractivity contribution in [2.24, 2.45) is 11.1 Å². The standard InChI is InChI=1S/C17H22N2O3/c1-17(10-18)6-7-19(11-17)16(20)13-8-12-4-3-5-14(21-2)15(12)22-9-13/h3-5,8H,6-7,9-11,18H2,1-2H3. The third-order valence-electron chi connectivity index (χ3n) is 4.54. The number of benzene rings is 1. The Bertz CT molecular complexity index is 626. The fraction of sp³-hybridized carbons (Fsp3) is 0.471. The number of hydrogen-bond donors (Lipinski definition) is 1. The van der Waals surface area contributed by atoms with Crippen molar-refractivity contribution in [2.45, 2.75) is 13.3 Å². The van der Waals surface area contributed by atoms with Crippen LogP contribution in [0.2, 0.25) is 0 Å². The van der Waals surface area contributed by atoms with Crippen LogP contribution in [0.15, 0.2) is 23.8 Å². The molecule has 0 radical (unpaired) electrons. The normalized spacial score (nSPS) is 23.6. The van der Waals surface area contributed by atoms with Crippen LogP contribution in [-0.4, -0.2) is 44.2 Å². The van der Waals surface area contributed by atoms with Crippen molar-refractivity contribution in [1.82, 2.24) is 4.90 Å². The minimum absolute atomic E-state index is 0.0346. The van der Waals surface area contributed by atoms with Crippen molar-refractivity contribution < 1.29 is 14.3 Å². The van der Waals surface area contributed by atoms with Gasteiger partial charge in [-0.3, -0.25) is 4.79 Å². The molecule has 1 amide bonds. The number of rotatable bonds is 3. The van der Waals surface area contributed by atoms with Crippen LogP contribution in [0, 0.1) is 5.41 Å². The Morgan fingerprint density at radius 1 is 1.50 bits per heavy atom. The molecule has 1 saturated heterocycles. The average molecular weight is 302 g/mol. The predicted octanol–water partition coefficient (Wildman–Crippen LogP) is 1.67. The van der Waals surface area contributed by atoms with E-state index in [1.807, 2.05) is 29.2 Å². The van der Waals surface area contributed by atoms with Gasteiger partial charge in [0.05, 0.1) is 12.7 Å². The molecule has 0 bridgehead atoms. The summed E-state index contributed by atoms with van der Waals surface area (Å²) in [4.78, 5) is 14.6. The predicted molar refractivity (Wildman–Crippen MR) is 84.8 cm³/mol. The molecular formula is C17H22N2O3. The molecule has 2 heterocycles. The minimum Gasteiger partial charge on any atom is -0.493 e. The number of para-hydroxylation sites is 1. The van der Waals surface area contributed by atoms with Crippen molar-refractivity contribution >= 4 is 12.0 Å². The topological polar surface area (TPSA) is 64.8 Å². The van der Waals surface area contributed by atoms with Gasteiger partial charge in [0, 0.05) is 18.7 Å². The molecule has 2 N–H and O–H groups in total. The zero-order valence-electron chi connectivity index (χ0n) is 13.1. The number of carbonyl (C=O) groups excluding carboxylic acids is 1. The fourth-order valence-corrected chi connectivity index (χ4v) is 3.03. The second-order valence-corrected chi connectivity index (χ2v) is 6.33. The number of fused-ring (bicyclic) bond motifs is 1. The van der Waals surface area contributed by atoms with E-state index in [0.717, 1.165) is 18.5 Å². The van der Waals surface area contributed by atoms with Crippen LogP contribution >= 0.6 is 0 Å². The van der Waals surface area contributed by atoms with Crippen LogP contribution < -0.4 is 15.2 Å². The Balaban J connectivity index is 1.81. The van der Waals surface area contributed by atoms with Crippen molar-refractivity contribution in [3.05, 3.63) is 29.3 Å². The quantitative estimate of drug-likeness (QED) is 0.922. The van der Waals surface area contributed by atoms with E-state index in [-0.39, 0.29) is 17.9 Å². The summed E-state index contributed by atoms with van der Waals surface area (Å²) in [5.41, 5.74) is 7.41. The van der Waals surface area contributed by atoms with E-state index in [9.17, 15) is 4.79 Å². The van der Waals surface area contributed by atoms with Crippen molar-refractivity contribution in [3.63, 3.8) is 0 Å². The van der Waals surface area contributed by atoms with Gasteiger partial charge in [0.15, 0.2) is 11.5 Å². The zero-order valence-corrected chi connectivity index (χ0v) is 13.1. The highest BCUT2D eigenvalue weighted by atomic mass is 16.5. The minimum atomic E-state index is 0.0346. The maximum Gasteiger partial charge on any atom is 0.253 e. The summed E-state index contributed by atoms with van der Waals surface area (Å²) in [5, 5.41) is 0. The summed E-state index contributed by atoms with van der Waals surface area (Å²) in [6.45, 7) is 4.49. The molecule has 22 heavy (non-hydrogen) atoms. The van der Waals surface area contributed by atoms with Crippen LogP contribution in [0.4, 0.5) is 0 Å². The number of nitrogens with two attached hydrogens (primary N) is 1. The number of ether oxygens (including phenoxy) is 2. The highest BCUT2D eigenvalue weighted by Crippen LogP contribution is 2.36. The Hall–Kier alpha value is -2.01. The number of methoxy groups -OCH3 is 1. The Labute approximate surface area is 130 Å². The van der Waals surface area contributed by atoms with E-state index < -0.39 is 0 Å². The third-order valence-corrected chi connectivity index (χ3v) is 4.54. The van der Waals surface area contributed by atoms with Gasteiger partial charge in [-0.1, -0.05) is 19.1 Å². The smallest absolute Gasteiger partial charge is 0.253 e. The van der Waals surface area contributed by atoms with E-state index in [4.69, 9.17) is 15.2 Å². The van der Waals surface area contributed by atoms with Gasteiger partial charge in [-0.15, -0.1) is 0 Å². The van der Waals surface area contributed by atoms with Gasteiger partial charge in [-0.2, -0.15) is 0 Å². The first kappa shape index (κ1) is 14.9. The first-order valence-corrected chi connectivity index (χ1v) is 7.56. The van der Waals surface area contributed by atoms with Crippen molar-refractivity contribution in [3.8, 4) is 11.5 Å². The molecule has 5 heteroatoms. The molecular weight excluding hydrogens is 280 g/mol. The van der Waals surface area contributed by atoms with E-state index >= 15 is 0 Å². The van der Waals surface area contributed by atoms with Crippen molar-refractivity contribution in [1.29, 1.82) is 0 Å². The van der Waals surface area contributed by atoms with Gasteiger partial charge in [0.25, 0.3) is 5.91 Å². The molecule has 5 nitrogen and oxygen atoms in total. The van der Waals surface area contributed by atoms with Gasteiger partial charge in [0.2, 0.25) is 0 Å². The lowest BCUT2D eigenvalue weighted by Gasteiger charge is -2.25. The second kappa shape index (κ2) is 5.65. The number of amides is 1. The summed E-state index contributed by atoms with van der Waals surface area (Å²) in [6, 6.07) is 5.68. The fourth-order valence-electron chi connectivity index (χ4n) is 3.03. The van der Waals surface area contributed by atoms with Crippen LogP contribution in [0.5, 0.6) is 11.5 Å². The molecule has 1 aromatic carbocycles. The van der Waals surface area contributed by atoms with Crippen LogP contribution in [0.25, 0.3) is 6.08 Å².